The zero-order valence-electron chi connectivity index (χ0n) is 12.3. The summed E-state index contributed by atoms with van der Waals surface area (Å²) in [5, 5.41) is 11.2. The third-order valence-corrected chi connectivity index (χ3v) is 6.15. The Hall–Kier alpha value is -1.35. The van der Waals surface area contributed by atoms with Crippen molar-refractivity contribution >= 4 is 5.52 Å². The topological polar surface area (TPSA) is 37.5 Å². The van der Waals surface area contributed by atoms with Gasteiger partial charge in [0.1, 0.15) is 0 Å². The van der Waals surface area contributed by atoms with Gasteiger partial charge in [-0.15, -0.1) is 0 Å². The van der Waals surface area contributed by atoms with Gasteiger partial charge in [0.25, 0.3) is 0 Å². The van der Waals surface area contributed by atoms with Crippen molar-refractivity contribution in [3.63, 3.8) is 0 Å². The van der Waals surface area contributed by atoms with Crippen LogP contribution in [0.15, 0.2) is 24.7 Å². The molecule has 2 bridgehead atoms. The van der Waals surface area contributed by atoms with Crippen molar-refractivity contribution in [3.05, 3.63) is 35.9 Å². The van der Waals surface area contributed by atoms with Gasteiger partial charge in [-0.3, -0.25) is 0 Å². The number of nitrogens with zero attached hydrogens (tertiary/aromatic N) is 2. The SMILES string of the molecule is O[C@H](c1c(C2CC2)ccc2cncn12)C1C[C@H]2CCC1C2. The molecule has 110 valence electrons. The second-order valence-electron chi connectivity index (χ2n) is 7.42. The van der Waals surface area contributed by atoms with Crippen molar-refractivity contribution in [1.82, 2.24) is 9.38 Å². The lowest BCUT2D eigenvalue weighted by Gasteiger charge is -2.29. The smallest absolute Gasteiger partial charge is 0.0995 e. The number of pyridine rings is 1. The van der Waals surface area contributed by atoms with E-state index in [0.717, 1.165) is 23.0 Å². The zero-order valence-corrected chi connectivity index (χ0v) is 12.3. The van der Waals surface area contributed by atoms with Crippen molar-refractivity contribution in [1.29, 1.82) is 0 Å². The molecule has 3 aliphatic rings. The van der Waals surface area contributed by atoms with Crippen molar-refractivity contribution in [2.75, 3.05) is 0 Å². The fourth-order valence-electron chi connectivity index (χ4n) is 4.97. The van der Waals surface area contributed by atoms with Gasteiger partial charge >= 0.3 is 0 Å². The van der Waals surface area contributed by atoms with Crippen LogP contribution in [0.25, 0.3) is 5.52 Å². The first-order valence-corrected chi connectivity index (χ1v) is 8.44. The van der Waals surface area contributed by atoms with Crippen LogP contribution in [0.4, 0.5) is 0 Å². The number of rotatable bonds is 3. The van der Waals surface area contributed by atoms with E-state index >= 15 is 0 Å². The molecule has 0 spiro atoms. The average molecular weight is 282 g/mol. The van der Waals surface area contributed by atoms with Gasteiger partial charge in [-0.25, -0.2) is 4.98 Å². The number of aliphatic hydroxyl groups excluding tert-OH is 1. The summed E-state index contributed by atoms with van der Waals surface area (Å²) in [6.45, 7) is 0. The second kappa shape index (κ2) is 4.33. The average Bonchev–Trinajstić information content (AvgIpc) is 2.93. The van der Waals surface area contributed by atoms with E-state index < -0.39 is 0 Å². The highest BCUT2D eigenvalue weighted by Crippen LogP contribution is 2.54. The summed E-state index contributed by atoms with van der Waals surface area (Å²) in [5.74, 6) is 2.76. The normalized spacial score (nSPS) is 32.9. The molecular weight excluding hydrogens is 260 g/mol. The lowest BCUT2D eigenvalue weighted by molar-refractivity contribution is 0.0691. The van der Waals surface area contributed by atoms with Crippen LogP contribution >= 0.6 is 0 Å². The Bertz CT molecular complexity index is 688. The van der Waals surface area contributed by atoms with Gasteiger partial charge in [0.05, 0.1) is 29.8 Å². The molecule has 21 heavy (non-hydrogen) atoms. The summed E-state index contributed by atoms with van der Waals surface area (Å²) in [5.41, 5.74) is 3.62. The minimum atomic E-state index is -0.311. The van der Waals surface area contributed by atoms with Crippen LogP contribution in [-0.2, 0) is 0 Å². The summed E-state index contributed by atoms with van der Waals surface area (Å²) in [4.78, 5) is 4.29. The van der Waals surface area contributed by atoms with E-state index in [2.05, 4.69) is 21.5 Å². The molecule has 4 atom stereocenters. The summed E-state index contributed by atoms with van der Waals surface area (Å²) >= 11 is 0. The van der Waals surface area contributed by atoms with Crippen LogP contribution in [0.5, 0.6) is 0 Å². The standard InChI is InChI=1S/C18H22N2O/c21-18(16-8-11-1-2-13(16)7-11)17-15(12-3-4-12)6-5-14-9-19-10-20(14)17/h5-6,9-13,16,18,21H,1-4,7-8H2/t11-,13?,16?,18-/m0/s1. The molecule has 0 aromatic carbocycles. The van der Waals surface area contributed by atoms with Crippen molar-refractivity contribution < 1.29 is 5.11 Å². The van der Waals surface area contributed by atoms with Crippen molar-refractivity contribution in [3.8, 4) is 0 Å². The molecule has 2 heterocycles. The molecule has 0 aliphatic heterocycles. The number of hydrogen-bond donors (Lipinski definition) is 1. The van der Waals surface area contributed by atoms with Gasteiger partial charge in [0.15, 0.2) is 0 Å². The molecule has 2 unspecified atom stereocenters. The third kappa shape index (κ3) is 1.80. The molecule has 5 rings (SSSR count). The van der Waals surface area contributed by atoms with Crippen LogP contribution in [0, 0.1) is 17.8 Å². The van der Waals surface area contributed by atoms with Crippen molar-refractivity contribution in [2.24, 2.45) is 17.8 Å². The number of imidazole rings is 1. The van der Waals surface area contributed by atoms with Crippen molar-refractivity contribution in [2.45, 2.75) is 50.5 Å². The van der Waals surface area contributed by atoms with Gasteiger partial charge in [-0.05, 0) is 67.4 Å². The maximum absolute atomic E-state index is 11.2. The molecule has 2 aromatic heterocycles. The largest absolute Gasteiger partial charge is 0.387 e. The Kier molecular flexibility index (Phi) is 2.52. The Balaban J connectivity index is 1.61. The first-order valence-electron chi connectivity index (χ1n) is 8.44. The summed E-state index contributed by atoms with van der Waals surface area (Å²) < 4.78 is 2.14. The van der Waals surface area contributed by atoms with Crippen LogP contribution in [-0.4, -0.2) is 14.5 Å². The number of hydrogen-bond acceptors (Lipinski definition) is 2. The van der Waals surface area contributed by atoms with E-state index in [1.165, 1.54) is 44.1 Å². The van der Waals surface area contributed by atoms with Gasteiger partial charge in [0.2, 0.25) is 0 Å². The minimum absolute atomic E-state index is 0.311. The lowest BCUT2D eigenvalue weighted by Crippen LogP contribution is -2.22. The predicted octanol–water partition coefficient (Wildman–Crippen LogP) is 3.68. The van der Waals surface area contributed by atoms with Gasteiger partial charge in [0, 0.05) is 0 Å². The fourth-order valence-corrected chi connectivity index (χ4v) is 4.97. The first-order chi connectivity index (χ1) is 10.3. The van der Waals surface area contributed by atoms with Crippen LogP contribution < -0.4 is 0 Å². The van der Waals surface area contributed by atoms with E-state index in [0.29, 0.717) is 11.8 Å². The fraction of sp³-hybridized carbons (Fsp3) is 0.611. The van der Waals surface area contributed by atoms with Crippen LogP contribution in [0.3, 0.4) is 0 Å². The highest BCUT2D eigenvalue weighted by atomic mass is 16.3. The Morgan fingerprint density at radius 2 is 2.05 bits per heavy atom. The molecule has 0 radical (unpaired) electrons. The molecule has 3 aliphatic carbocycles. The summed E-state index contributed by atoms with van der Waals surface area (Å²) in [6.07, 6.45) is 11.3. The molecule has 3 heteroatoms. The number of aromatic nitrogens is 2. The molecular formula is C18H22N2O. The zero-order chi connectivity index (χ0) is 14.0. The maximum atomic E-state index is 11.2. The number of aliphatic hydroxyl groups is 1. The van der Waals surface area contributed by atoms with Crippen LogP contribution in [0.2, 0.25) is 0 Å². The predicted molar refractivity (Wildman–Crippen MR) is 81.1 cm³/mol. The molecule has 3 nitrogen and oxygen atoms in total. The molecule has 1 N–H and O–H groups in total. The summed E-state index contributed by atoms with van der Waals surface area (Å²) in [6, 6.07) is 4.39. The van der Waals surface area contributed by atoms with E-state index in [1.807, 2.05) is 12.5 Å². The Morgan fingerprint density at radius 3 is 2.76 bits per heavy atom. The summed E-state index contributed by atoms with van der Waals surface area (Å²) in [7, 11) is 0. The molecule has 3 saturated carbocycles. The quantitative estimate of drug-likeness (QED) is 0.932. The molecule has 3 fully saturated rings. The Labute approximate surface area is 125 Å². The molecule has 0 saturated heterocycles. The van der Waals surface area contributed by atoms with E-state index in [4.69, 9.17) is 0 Å². The second-order valence-corrected chi connectivity index (χ2v) is 7.42. The first kappa shape index (κ1) is 12.2. The van der Waals surface area contributed by atoms with Gasteiger partial charge < -0.3 is 9.51 Å². The Morgan fingerprint density at radius 1 is 1.14 bits per heavy atom. The maximum Gasteiger partial charge on any atom is 0.0995 e. The monoisotopic (exact) mass is 282 g/mol. The van der Waals surface area contributed by atoms with E-state index in [1.54, 1.807) is 0 Å². The molecule has 0 amide bonds. The molecule has 2 aromatic rings. The van der Waals surface area contributed by atoms with E-state index in [-0.39, 0.29) is 6.10 Å². The number of fused-ring (bicyclic) bond motifs is 3. The highest BCUT2D eigenvalue weighted by molar-refractivity contribution is 5.50. The van der Waals surface area contributed by atoms with Gasteiger partial charge in [-0.1, -0.05) is 12.5 Å². The highest BCUT2D eigenvalue weighted by Gasteiger charge is 2.44. The van der Waals surface area contributed by atoms with E-state index in [9.17, 15) is 5.11 Å². The third-order valence-electron chi connectivity index (χ3n) is 6.15. The lowest BCUT2D eigenvalue weighted by atomic mass is 9.82. The minimum Gasteiger partial charge on any atom is -0.387 e. The van der Waals surface area contributed by atoms with Gasteiger partial charge in [-0.2, -0.15) is 0 Å². The van der Waals surface area contributed by atoms with Crippen LogP contribution in [0.1, 0.15) is 61.8 Å².